The number of likely N-dealkylation sites (tertiary alicyclic amines) is 1. The van der Waals surface area contributed by atoms with E-state index in [-0.39, 0.29) is 12.0 Å². The molecule has 0 amide bonds. The molecule has 1 N–H and O–H groups in total. The number of nitrogens with zero attached hydrogens (tertiary/aromatic N) is 2. The van der Waals surface area contributed by atoms with Gasteiger partial charge >= 0.3 is 5.97 Å². The fraction of sp³-hybridized carbons (Fsp3) is 0.692. The summed E-state index contributed by atoms with van der Waals surface area (Å²) in [6.07, 6.45) is 5.87. The zero-order valence-corrected chi connectivity index (χ0v) is 10.8. The molecule has 1 fully saturated rings. The van der Waals surface area contributed by atoms with Crippen LogP contribution in [0.1, 0.15) is 12.8 Å². The van der Waals surface area contributed by atoms with Gasteiger partial charge in [0.15, 0.2) is 0 Å². The average molecular weight is 249 g/mol. The smallest absolute Gasteiger partial charge is 0.317 e. The minimum absolute atomic E-state index is 0.0981. The molecule has 2 heterocycles. The Morgan fingerprint density at radius 3 is 3.28 bits per heavy atom. The second kappa shape index (κ2) is 4.09. The molecule has 0 aromatic carbocycles. The van der Waals surface area contributed by atoms with Gasteiger partial charge in [0.05, 0.1) is 13.2 Å². The van der Waals surface area contributed by atoms with Gasteiger partial charge in [-0.25, -0.2) is 0 Å². The van der Waals surface area contributed by atoms with Crippen molar-refractivity contribution in [1.82, 2.24) is 10.3 Å². The van der Waals surface area contributed by atoms with Gasteiger partial charge in [-0.15, -0.1) is 0 Å². The van der Waals surface area contributed by atoms with E-state index in [2.05, 4.69) is 28.6 Å². The lowest BCUT2D eigenvalue weighted by Crippen LogP contribution is -2.53. The van der Waals surface area contributed by atoms with Crippen LogP contribution in [0.15, 0.2) is 16.8 Å². The predicted octanol–water partition coefficient (Wildman–Crippen LogP) is 0.385. The van der Waals surface area contributed by atoms with E-state index in [9.17, 15) is 4.79 Å². The van der Waals surface area contributed by atoms with Crippen LogP contribution in [0.4, 0.5) is 0 Å². The Kier molecular flexibility index (Phi) is 2.66. The molecular formula is C13H19N3O2. The van der Waals surface area contributed by atoms with Gasteiger partial charge in [-0.05, 0) is 19.9 Å². The summed E-state index contributed by atoms with van der Waals surface area (Å²) in [6, 6.07) is 0.265. The maximum Gasteiger partial charge on any atom is 0.317 e. The van der Waals surface area contributed by atoms with Crippen LogP contribution in [-0.4, -0.2) is 50.4 Å². The number of ether oxygens (including phenoxy) is 1. The number of carbonyl (C=O) groups excluding carboxylic acids is 1. The van der Waals surface area contributed by atoms with Crippen LogP contribution in [0.3, 0.4) is 0 Å². The average Bonchev–Trinajstić information content (AvgIpc) is 2.81. The van der Waals surface area contributed by atoms with Gasteiger partial charge in [-0.2, -0.15) is 5.10 Å². The summed E-state index contributed by atoms with van der Waals surface area (Å²) < 4.78 is 5.08. The van der Waals surface area contributed by atoms with Crippen molar-refractivity contribution < 1.29 is 9.53 Å². The van der Waals surface area contributed by atoms with Crippen LogP contribution in [0.25, 0.3) is 0 Å². The number of hydrogen-bond acceptors (Lipinski definition) is 5. The number of piperidine rings is 1. The summed E-state index contributed by atoms with van der Waals surface area (Å²) in [6.45, 7) is 1.76. The number of nitrogens with one attached hydrogen (secondary N) is 1. The van der Waals surface area contributed by atoms with E-state index in [0.717, 1.165) is 25.9 Å². The zero-order valence-electron chi connectivity index (χ0n) is 10.8. The SMILES string of the molecule is COC(=O)[C@]12CC3C=NNC3C=C1CCN(C)C2. The molecule has 18 heavy (non-hydrogen) atoms. The van der Waals surface area contributed by atoms with Crippen LogP contribution in [0.5, 0.6) is 0 Å². The van der Waals surface area contributed by atoms with E-state index < -0.39 is 5.41 Å². The van der Waals surface area contributed by atoms with E-state index in [1.165, 1.54) is 12.7 Å². The van der Waals surface area contributed by atoms with Crippen molar-refractivity contribution in [3.05, 3.63) is 11.6 Å². The third kappa shape index (κ3) is 1.57. The lowest BCUT2D eigenvalue weighted by Gasteiger charge is -2.45. The van der Waals surface area contributed by atoms with Gasteiger partial charge in [0.25, 0.3) is 0 Å². The van der Waals surface area contributed by atoms with E-state index in [0.29, 0.717) is 5.92 Å². The molecule has 3 aliphatic rings. The predicted molar refractivity (Wildman–Crippen MR) is 68.2 cm³/mol. The fourth-order valence-corrected chi connectivity index (χ4v) is 3.48. The Hall–Kier alpha value is -1.36. The monoisotopic (exact) mass is 249 g/mol. The number of hydrogen-bond donors (Lipinski definition) is 1. The molecule has 2 unspecified atom stereocenters. The van der Waals surface area contributed by atoms with E-state index >= 15 is 0 Å². The lowest BCUT2D eigenvalue weighted by atomic mass is 9.65. The van der Waals surface area contributed by atoms with Crippen LogP contribution in [-0.2, 0) is 9.53 Å². The van der Waals surface area contributed by atoms with Crippen LogP contribution in [0, 0.1) is 11.3 Å². The summed E-state index contributed by atoms with van der Waals surface area (Å²) in [7, 11) is 3.55. The first-order valence-electron chi connectivity index (χ1n) is 6.42. The van der Waals surface area contributed by atoms with Crippen LogP contribution < -0.4 is 5.43 Å². The van der Waals surface area contributed by atoms with Crippen LogP contribution >= 0.6 is 0 Å². The molecule has 0 bridgehead atoms. The first-order chi connectivity index (χ1) is 8.65. The highest BCUT2D eigenvalue weighted by Gasteiger charge is 2.51. The topological polar surface area (TPSA) is 53.9 Å². The van der Waals surface area contributed by atoms with Gasteiger partial charge in [0.1, 0.15) is 5.41 Å². The number of esters is 1. The van der Waals surface area contributed by atoms with Crippen molar-refractivity contribution >= 4 is 12.2 Å². The van der Waals surface area contributed by atoms with Crippen molar-refractivity contribution in [3.63, 3.8) is 0 Å². The minimum atomic E-state index is -0.457. The first-order valence-corrected chi connectivity index (χ1v) is 6.42. The molecule has 3 rings (SSSR count). The Morgan fingerprint density at radius 1 is 1.67 bits per heavy atom. The maximum absolute atomic E-state index is 12.3. The molecule has 98 valence electrons. The summed E-state index contributed by atoms with van der Waals surface area (Å²) in [5.41, 5.74) is 3.88. The summed E-state index contributed by atoms with van der Waals surface area (Å²) in [5, 5.41) is 4.14. The molecule has 0 radical (unpaired) electrons. The number of carbonyl (C=O) groups is 1. The maximum atomic E-state index is 12.3. The highest BCUT2D eigenvalue weighted by Crippen LogP contribution is 2.46. The normalized spacial score (nSPS) is 38.4. The summed E-state index contributed by atoms with van der Waals surface area (Å²) in [5.74, 6) is 0.207. The number of methoxy groups -OCH3 is 1. The quantitative estimate of drug-likeness (QED) is 0.539. The standard InChI is InChI=1S/C13H19N3O2/c1-16-4-3-10-5-11-9(7-14-15-11)6-13(10,8-16)12(17)18-2/h5,7,9,11,15H,3-4,6,8H2,1-2H3/t9?,11?,13-/m0/s1. The molecule has 3 atom stereocenters. The molecule has 0 aromatic rings. The largest absolute Gasteiger partial charge is 0.468 e. The third-order valence-corrected chi connectivity index (χ3v) is 4.41. The number of rotatable bonds is 1. The second-order valence-corrected chi connectivity index (χ2v) is 5.55. The van der Waals surface area contributed by atoms with E-state index in [4.69, 9.17) is 4.74 Å². The Bertz CT molecular complexity index is 432. The molecule has 0 saturated carbocycles. The summed E-state index contributed by atoms with van der Waals surface area (Å²) in [4.78, 5) is 14.5. The van der Waals surface area contributed by atoms with Crippen molar-refractivity contribution in [2.24, 2.45) is 16.4 Å². The van der Waals surface area contributed by atoms with Crippen molar-refractivity contribution in [3.8, 4) is 0 Å². The van der Waals surface area contributed by atoms with Crippen molar-refractivity contribution in [2.75, 3.05) is 27.2 Å². The van der Waals surface area contributed by atoms with E-state index in [1.54, 1.807) is 0 Å². The van der Waals surface area contributed by atoms with Crippen molar-refractivity contribution in [1.29, 1.82) is 0 Å². The minimum Gasteiger partial charge on any atom is -0.468 e. The molecule has 2 aliphatic heterocycles. The Labute approximate surface area is 107 Å². The van der Waals surface area contributed by atoms with Gasteiger partial charge in [-0.1, -0.05) is 11.6 Å². The molecular weight excluding hydrogens is 230 g/mol. The van der Waals surface area contributed by atoms with Gasteiger partial charge in [0, 0.05) is 25.2 Å². The Balaban J connectivity index is 2.00. The molecule has 0 aromatic heterocycles. The molecule has 0 spiro atoms. The van der Waals surface area contributed by atoms with Crippen molar-refractivity contribution in [2.45, 2.75) is 18.9 Å². The van der Waals surface area contributed by atoms with Gasteiger partial charge < -0.3 is 15.1 Å². The Morgan fingerprint density at radius 2 is 2.50 bits per heavy atom. The third-order valence-electron chi connectivity index (χ3n) is 4.41. The first kappa shape index (κ1) is 11.7. The lowest BCUT2D eigenvalue weighted by molar-refractivity contribution is -0.153. The zero-order chi connectivity index (χ0) is 12.8. The van der Waals surface area contributed by atoms with E-state index in [1.807, 2.05) is 6.21 Å². The number of fused-ring (bicyclic) bond motifs is 2. The summed E-state index contributed by atoms with van der Waals surface area (Å²) >= 11 is 0. The van der Waals surface area contributed by atoms with Gasteiger partial charge in [0.2, 0.25) is 0 Å². The highest BCUT2D eigenvalue weighted by atomic mass is 16.5. The molecule has 5 heteroatoms. The fourth-order valence-electron chi connectivity index (χ4n) is 3.48. The molecule has 1 saturated heterocycles. The van der Waals surface area contributed by atoms with Crippen LogP contribution in [0.2, 0.25) is 0 Å². The number of hydrazone groups is 1. The second-order valence-electron chi connectivity index (χ2n) is 5.55. The molecule has 1 aliphatic carbocycles. The van der Waals surface area contributed by atoms with Gasteiger partial charge in [-0.3, -0.25) is 4.79 Å². The highest BCUT2D eigenvalue weighted by molar-refractivity contribution is 5.83. The molecule has 5 nitrogen and oxygen atoms in total.